The topological polar surface area (TPSA) is 17.1 Å². The number of carbonyl (C=O) groups excluding carboxylic acids is 1. The number of aryl methyl sites for hydroxylation is 3. The summed E-state index contributed by atoms with van der Waals surface area (Å²) < 4.78 is 38.0. The van der Waals surface area contributed by atoms with Gasteiger partial charge in [-0.1, -0.05) is 30.3 Å². The second-order valence-electron chi connectivity index (χ2n) is 5.42. The van der Waals surface area contributed by atoms with Crippen molar-refractivity contribution in [2.24, 2.45) is 0 Å². The third-order valence-corrected chi connectivity index (χ3v) is 3.72. The number of ketones is 1. The predicted octanol–water partition coefficient (Wildman–Crippen LogP) is 5.14. The van der Waals surface area contributed by atoms with Crippen LogP contribution in [-0.4, -0.2) is 5.78 Å². The van der Waals surface area contributed by atoms with Crippen LogP contribution in [0.1, 0.15) is 39.0 Å². The van der Waals surface area contributed by atoms with E-state index in [1.54, 1.807) is 0 Å². The van der Waals surface area contributed by atoms with Gasteiger partial charge in [0, 0.05) is 12.0 Å². The van der Waals surface area contributed by atoms with E-state index in [4.69, 9.17) is 0 Å². The van der Waals surface area contributed by atoms with Gasteiger partial charge in [0.1, 0.15) is 0 Å². The second kappa shape index (κ2) is 6.34. The van der Waals surface area contributed by atoms with Crippen LogP contribution in [0.4, 0.5) is 13.2 Å². The van der Waals surface area contributed by atoms with Gasteiger partial charge in [0.15, 0.2) is 5.78 Å². The minimum absolute atomic E-state index is 0.110. The highest BCUT2D eigenvalue weighted by molar-refractivity contribution is 5.96. The second-order valence-corrected chi connectivity index (χ2v) is 5.42. The summed E-state index contributed by atoms with van der Waals surface area (Å²) in [6, 6.07) is 10.5. The van der Waals surface area contributed by atoms with Crippen LogP contribution in [0.5, 0.6) is 0 Å². The number of benzene rings is 2. The number of halogens is 3. The Labute approximate surface area is 127 Å². The van der Waals surface area contributed by atoms with Crippen molar-refractivity contribution in [3.05, 3.63) is 70.3 Å². The maximum atomic E-state index is 12.7. The summed E-state index contributed by atoms with van der Waals surface area (Å²) in [4.78, 5) is 12.1. The molecule has 0 spiro atoms. The van der Waals surface area contributed by atoms with Crippen LogP contribution in [-0.2, 0) is 12.6 Å². The fourth-order valence-corrected chi connectivity index (χ4v) is 2.23. The molecule has 0 aliphatic carbocycles. The van der Waals surface area contributed by atoms with E-state index < -0.39 is 11.7 Å². The average molecular weight is 306 g/mol. The van der Waals surface area contributed by atoms with Crippen molar-refractivity contribution in [2.45, 2.75) is 32.9 Å². The SMILES string of the molecule is Cc1ccc(CCC(=O)c2cccc(C(F)(F)F)c2)cc1C. The van der Waals surface area contributed by atoms with Crippen molar-refractivity contribution in [3.8, 4) is 0 Å². The first-order valence-corrected chi connectivity index (χ1v) is 7.04. The van der Waals surface area contributed by atoms with Crippen LogP contribution in [0.15, 0.2) is 42.5 Å². The van der Waals surface area contributed by atoms with Gasteiger partial charge in [0.2, 0.25) is 0 Å². The number of hydrogen-bond acceptors (Lipinski definition) is 1. The first-order chi connectivity index (χ1) is 10.3. The van der Waals surface area contributed by atoms with Crippen LogP contribution in [0.3, 0.4) is 0 Å². The quantitative estimate of drug-likeness (QED) is 0.715. The summed E-state index contributed by atoms with van der Waals surface area (Å²) in [5.41, 5.74) is 2.66. The summed E-state index contributed by atoms with van der Waals surface area (Å²) >= 11 is 0. The molecule has 2 aromatic rings. The molecular weight excluding hydrogens is 289 g/mol. The molecule has 2 aromatic carbocycles. The smallest absolute Gasteiger partial charge is 0.294 e. The Hall–Kier alpha value is -2.10. The zero-order chi connectivity index (χ0) is 16.3. The fraction of sp³-hybridized carbons (Fsp3) is 0.278. The predicted molar refractivity (Wildman–Crippen MR) is 80.0 cm³/mol. The lowest BCUT2D eigenvalue weighted by atomic mass is 9.99. The largest absolute Gasteiger partial charge is 0.416 e. The van der Waals surface area contributed by atoms with Crippen LogP contribution < -0.4 is 0 Å². The highest BCUT2D eigenvalue weighted by Crippen LogP contribution is 2.29. The molecule has 0 radical (unpaired) electrons. The molecule has 0 bridgehead atoms. The highest BCUT2D eigenvalue weighted by Gasteiger charge is 2.30. The van der Waals surface area contributed by atoms with Crippen molar-refractivity contribution >= 4 is 5.78 Å². The van der Waals surface area contributed by atoms with E-state index in [1.807, 2.05) is 32.0 Å². The monoisotopic (exact) mass is 306 g/mol. The van der Waals surface area contributed by atoms with Crippen LogP contribution in [0.2, 0.25) is 0 Å². The molecule has 0 fully saturated rings. The van der Waals surface area contributed by atoms with Gasteiger partial charge in [-0.25, -0.2) is 0 Å². The van der Waals surface area contributed by atoms with E-state index in [0.717, 1.165) is 23.3 Å². The van der Waals surface area contributed by atoms with Crippen LogP contribution in [0.25, 0.3) is 0 Å². The van der Waals surface area contributed by atoms with Crippen molar-refractivity contribution in [1.29, 1.82) is 0 Å². The normalized spacial score (nSPS) is 11.5. The molecule has 0 saturated carbocycles. The lowest BCUT2D eigenvalue weighted by Gasteiger charge is -2.08. The molecule has 1 nitrogen and oxygen atoms in total. The number of Topliss-reactive ketones (excluding diaryl/α,β-unsaturated/α-hetero) is 1. The van der Waals surface area contributed by atoms with Crippen molar-refractivity contribution in [1.82, 2.24) is 0 Å². The molecule has 0 amide bonds. The zero-order valence-corrected chi connectivity index (χ0v) is 12.5. The third kappa shape index (κ3) is 3.97. The fourth-order valence-electron chi connectivity index (χ4n) is 2.23. The number of rotatable bonds is 4. The Morgan fingerprint density at radius 1 is 1.00 bits per heavy atom. The Morgan fingerprint density at radius 2 is 1.73 bits per heavy atom. The Morgan fingerprint density at radius 3 is 2.36 bits per heavy atom. The van der Waals surface area contributed by atoms with E-state index in [1.165, 1.54) is 17.7 Å². The Bertz CT molecular complexity index is 687. The average Bonchev–Trinajstić information content (AvgIpc) is 2.47. The van der Waals surface area contributed by atoms with Gasteiger partial charge >= 0.3 is 6.18 Å². The lowest BCUT2D eigenvalue weighted by molar-refractivity contribution is -0.137. The minimum atomic E-state index is -4.43. The molecule has 0 unspecified atom stereocenters. The summed E-state index contributed by atoms with van der Waals surface area (Å²) in [7, 11) is 0. The summed E-state index contributed by atoms with van der Waals surface area (Å²) in [6.07, 6.45) is -3.70. The molecule has 0 aliphatic heterocycles. The van der Waals surface area contributed by atoms with E-state index in [2.05, 4.69) is 0 Å². The van der Waals surface area contributed by atoms with Gasteiger partial charge in [0.25, 0.3) is 0 Å². The van der Waals surface area contributed by atoms with Crippen molar-refractivity contribution in [3.63, 3.8) is 0 Å². The first-order valence-electron chi connectivity index (χ1n) is 7.04. The number of hydrogen-bond donors (Lipinski definition) is 0. The van der Waals surface area contributed by atoms with E-state index in [9.17, 15) is 18.0 Å². The minimum Gasteiger partial charge on any atom is -0.294 e. The standard InChI is InChI=1S/C18H17F3O/c1-12-6-7-14(10-13(12)2)8-9-17(22)15-4-3-5-16(11-15)18(19,20)21/h3-7,10-11H,8-9H2,1-2H3. The molecular formula is C18H17F3O. The molecule has 4 heteroatoms. The maximum absolute atomic E-state index is 12.7. The van der Waals surface area contributed by atoms with Gasteiger partial charge < -0.3 is 0 Å². The van der Waals surface area contributed by atoms with Crippen molar-refractivity contribution < 1.29 is 18.0 Å². The number of carbonyl (C=O) groups is 1. The Balaban J connectivity index is 2.08. The van der Waals surface area contributed by atoms with Gasteiger partial charge in [0.05, 0.1) is 5.56 Å². The lowest BCUT2D eigenvalue weighted by Crippen LogP contribution is -2.08. The molecule has 0 aliphatic rings. The maximum Gasteiger partial charge on any atom is 0.416 e. The van der Waals surface area contributed by atoms with Gasteiger partial charge in [-0.2, -0.15) is 13.2 Å². The van der Waals surface area contributed by atoms with E-state index in [-0.39, 0.29) is 17.8 Å². The summed E-state index contributed by atoms with van der Waals surface area (Å²) in [6.45, 7) is 4.00. The molecule has 0 saturated heterocycles. The van der Waals surface area contributed by atoms with E-state index in [0.29, 0.717) is 6.42 Å². The van der Waals surface area contributed by atoms with Crippen LogP contribution in [0, 0.1) is 13.8 Å². The Kier molecular flexibility index (Phi) is 4.69. The third-order valence-electron chi connectivity index (χ3n) is 3.72. The van der Waals surface area contributed by atoms with Gasteiger partial charge in [-0.15, -0.1) is 0 Å². The summed E-state index contributed by atoms with van der Waals surface area (Å²) in [5, 5.41) is 0. The van der Waals surface area contributed by atoms with E-state index >= 15 is 0 Å². The van der Waals surface area contributed by atoms with Crippen molar-refractivity contribution in [2.75, 3.05) is 0 Å². The zero-order valence-electron chi connectivity index (χ0n) is 12.5. The number of alkyl halides is 3. The molecule has 116 valence electrons. The highest BCUT2D eigenvalue weighted by atomic mass is 19.4. The van der Waals surface area contributed by atoms with Gasteiger partial charge in [-0.3, -0.25) is 4.79 Å². The molecule has 2 rings (SSSR count). The molecule has 0 heterocycles. The molecule has 0 N–H and O–H groups in total. The first kappa shape index (κ1) is 16.3. The summed E-state index contributed by atoms with van der Waals surface area (Å²) in [5.74, 6) is -0.274. The van der Waals surface area contributed by atoms with Gasteiger partial charge in [-0.05, 0) is 49.1 Å². The molecule has 0 aromatic heterocycles. The molecule has 22 heavy (non-hydrogen) atoms. The molecule has 0 atom stereocenters. The van der Waals surface area contributed by atoms with Crippen LogP contribution >= 0.6 is 0 Å².